The number of hydrogen-bond acceptors (Lipinski definition) is 3. The van der Waals surface area contributed by atoms with Crippen molar-refractivity contribution in [3.63, 3.8) is 0 Å². The van der Waals surface area contributed by atoms with E-state index in [0.29, 0.717) is 12.4 Å². The molecular formula is C10H13FN2O. The van der Waals surface area contributed by atoms with Gasteiger partial charge in [-0.1, -0.05) is 6.07 Å². The van der Waals surface area contributed by atoms with Gasteiger partial charge in [-0.15, -0.1) is 0 Å². The summed E-state index contributed by atoms with van der Waals surface area (Å²) in [7, 11) is 0. The van der Waals surface area contributed by atoms with Crippen LogP contribution in [0.4, 0.5) is 10.2 Å². The molecule has 0 N–H and O–H groups in total. The van der Waals surface area contributed by atoms with Gasteiger partial charge in [-0.2, -0.15) is 4.39 Å². The van der Waals surface area contributed by atoms with E-state index in [1.54, 1.807) is 6.07 Å². The van der Waals surface area contributed by atoms with Gasteiger partial charge in [0.1, 0.15) is 5.82 Å². The molecule has 1 fully saturated rings. The Bertz CT molecular complexity index is 298. The largest absolute Gasteiger partial charge is 0.380 e. The maximum atomic E-state index is 12.9. The fourth-order valence-electron chi connectivity index (χ4n) is 1.55. The summed E-state index contributed by atoms with van der Waals surface area (Å²) < 4.78 is 18.2. The first-order chi connectivity index (χ1) is 6.86. The molecule has 0 saturated carbocycles. The zero-order valence-electron chi connectivity index (χ0n) is 7.95. The molecule has 0 bridgehead atoms. The summed E-state index contributed by atoms with van der Waals surface area (Å²) in [5.74, 6) is 0.281. The van der Waals surface area contributed by atoms with Crippen molar-refractivity contribution in [2.45, 2.75) is 6.42 Å². The van der Waals surface area contributed by atoms with Crippen LogP contribution in [0.15, 0.2) is 18.2 Å². The summed E-state index contributed by atoms with van der Waals surface area (Å²) in [4.78, 5) is 5.89. The van der Waals surface area contributed by atoms with Crippen LogP contribution < -0.4 is 4.90 Å². The van der Waals surface area contributed by atoms with Crippen LogP contribution in [0.2, 0.25) is 0 Å². The molecule has 1 aliphatic rings. The lowest BCUT2D eigenvalue weighted by Gasteiger charge is -2.20. The van der Waals surface area contributed by atoms with Crippen molar-refractivity contribution in [1.29, 1.82) is 0 Å². The van der Waals surface area contributed by atoms with Crippen molar-refractivity contribution < 1.29 is 9.13 Å². The van der Waals surface area contributed by atoms with Crippen molar-refractivity contribution in [1.82, 2.24) is 4.98 Å². The third kappa shape index (κ3) is 2.20. The van der Waals surface area contributed by atoms with Crippen molar-refractivity contribution in [2.75, 3.05) is 31.2 Å². The van der Waals surface area contributed by atoms with Gasteiger partial charge in [0.25, 0.3) is 0 Å². The van der Waals surface area contributed by atoms with E-state index in [0.717, 1.165) is 26.1 Å². The molecular weight excluding hydrogens is 183 g/mol. The normalized spacial score (nSPS) is 17.9. The van der Waals surface area contributed by atoms with E-state index in [1.165, 1.54) is 6.07 Å². The maximum Gasteiger partial charge on any atom is 0.214 e. The summed E-state index contributed by atoms with van der Waals surface area (Å²) in [6, 6.07) is 4.87. The molecule has 1 aromatic heterocycles. The minimum absolute atomic E-state index is 0.423. The van der Waals surface area contributed by atoms with E-state index in [1.807, 2.05) is 6.07 Å². The number of pyridine rings is 1. The van der Waals surface area contributed by atoms with E-state index < -0.39 is 5.95 Å². The second-order valence-corrected chi connectivity index (χ2v) is 3.27. The molecule has 0 unspecified atom stereocenters. The van der Waals surface area contributed by atoms with Crippen LogP contribution in [0, 0.1) is 5.95 Å². The first kappa shape index (κ1) is 9.40. The summed E-state index contributed by atoms with van der Waals surface area (Å²) in [6.07, 6.45) is 0.970. The molecule has 2 rings (SSSR count). The summed E-state index contributed by atoms with van der Waals surface area (Å²) in [6.45, 7) is 3.15. The Morgan fingerprint density at radius 2 is 2.21 bits per heavy atom. The highest BCUT2D eigenvalue weighted by molar-refractivity contribution is 5.37. The lowest BCUT2D eigenvalue weighted by atomic mass is 10.3. The number of ether oxygens (including phenoxy) is 1. The number of anilines is 1. The van der Waals surface area contributed by atoms with Gasteiger partial charge in [-0.3, -0.25) is 0 Å². The number of aromatic nitrogens is 1. The SMILES string of the molecule is Fc1cccc(N2CCCOCC2)n1. The Morgan fingerprint density at radius 1 is 1.29 bits per heavy atom. The highest BCUT2D eigenvalue weighted by Gasteiger charge is 2.11. The van der Waals surface area contributed by atoms with E-state index >= 15 is 0 Å². The standard InChI is InChI=1S/C10H13FN2O/c11-9-3-1-4-10(12-9)13-5-2-7-14-8-6-13/h1,3-4H,2,5-8H2. The molecule has 1 aliphatic heterocycles. The Kier molecular flexibility index (Phi) is 2.93. The zero-order valence-corrected chi connectivity index (χ0v) is 7.95. The van der Waals surface area contributed by atoms with Crippen LogP contribution in [-0.4, -0.2) is 31.3 Å². The van der Waals surface area contributed by atoms with E-state index in [4.69, 9.17) is 4.74 Å². The second-order valence-electron chi connectivity index (χ2n) is 3.27. The minimum Gasteiger partial charge on any atom is -0.380 e. The highest BCUT2D eigenvalue weighted by Crippen LogP contribution is 2.12. The van der Waals surface area contributed by atoms with Gasteiger partial charge in [-0.05, 0) is 18.6 Å². The fourth-order valence-corrected chi connectivity index (χ4v) is 1.55. The third-order valence-corrected chi connectivity index (χ3v) is 2.25. The van der Waals surface area contributed by atoms with Crippen molar-refractivity contribution in [2.24, 2.45) is 0 Å². The van der Waals surface area contributed by atoms with Crippen LogP contribution in [0.25, 0.3) is 0 Å². The Morgan fingerprint density at radius 3 is 3.07 bits per heavy atom. The second kappa shape index (κ2) is 4.37. The van der Waals surface area contributed by atoms with Gasteiger partial charge < -0.3 is 9.64 Å². The molecule has 0 aromatic carbocycles. The fraction of sp³-hybridized carbons (Fsp3) is 0.500. The quantitative estimate of drug-likeness (QED) is 0.636. The minimum atomic E-state index is -0.423. The van der Waals surface area contributed by atoms with Crippen molar-refractivity contribution in [3.05, 3.63) is 24.1 Å². The van der Waals surface area contributed by atoms with Crippen LogP contribution >= 0.6 is 0 Å². The molecule has 4 heteroatoms. The molecule has 0 spiro atoms. The number of halogens is 1. The van der Waals surface area contributed by atoms with Gasteiger partial charge in [0.05, 0.1) is 6.61 Å². The number of hydrogen-bond donors (Lipinski definition) is 0. The molecule has 3 nitrogen and oxygen atoms in total. The molecule has 1 saturated heterocycles. The van der Waals surface area contributed by atoms with E-state index in [2.05, 4.69) is 9.88 Å². The predicted molar refractivity (Wildman–Crippen MR) is 51.8 cm³/mol. The van der Waals surface area contributed by atoms with E-state index in [9.17, 15) is 4.39 Å². The third-order valence-electron chi connectivity index (χ3n) is 2.25. The number of nitrogens with zero attached hydrogens (tertiary/aromatic N) is 2. The van der Waals surface area contributed by atoms with Crippen molar-refractivity contribution in [3.8, 4) is 0 Å². The lowest BCUT2D eigenvalue weighted by molar-refractivity contribution is 0.152. The predicted octanol–water partition coefficient (Wildman–Crippen LogP) is 1.45. The first-order valence-corrected chi connectivity index (χ1v) is 4.81. The smallest absolute Gasteiger partial charge is 0.214 e. The van der Waals surface area contributed by atoms with Crippen LogP contribution in [0.1, 0.15) is 6.42 Å². The maximum absolute atomic E-state index is 12.9. The van der Waals surface area contributed by atoms with Gasteiger partial charge in [-0.25, -0.2) is 4.98 Å². The zero-order chi connectivity index (χ0) is 9.80. The molecule has 0 atom stereocenters. The van der Waals surface area contributed by atoms with Crippen molar-refractivity contribution >= 4 is 5.82 Å². The molecule has 14 heavy (non-hydrogen) atoms. The highest BCUT2D eigenvalue weighted by atomic mass is 19.1. The summed E-state index contributed by atoms with van der Waals surface area (Å²) in [5, 5.41) is 0. The molecule has 0 amide bonds. The molecule has 0 aliphatic carbocycles. The lowest BCUT2D eigenvalue weighted by Crippen LogP contribution is -2.26. The van der Waals surface area contributed by atoms with Gasteiger partial charge in [0.15, 0.2) is 0 Å². The van der Waals surface area contributed by atoms with Gasteiger partial charge >= 0.3 is 0 Å². The monoisotopic (exact) mass is 196 g/mol. The summed E-state index contributed by atoms with van der Waals surface area (Å²) >= 11 is 0. The van der Waals surface area contributed by atoms with Gasteiger partial charge in [0.2, 0.25) is 5.95 Å². The summed E-state index contributed by atoms with van der Waals surface area (Å²) in [5.41, 5.74) is 0. The van der Waals surface area contributed by atoms with Gasteiger partial charge in [0, 0.05) is 19.7 Å². The first-order valence-electron chi connectivity index (χ1n) is 4.81. The van der Waals surface area contributed by atoms with Crippen LogP contribution in [0.3, 0.4) is 0 Å². The van der Waals surface area contributed by atoms with Crippen LogP contribution in [0.5, 0.6) is 0 Å². The average molecular weight is 196 g/mol. The number of rotatable bonds is 1. The van der Waals surface area contributed by atoms with E-state index in [-0.39, 0.29) is 0 Å². The average Bonchev–Trinajstić information content (AvgIpc) is 2.45. The molecule has 76 valence electrons. The Hall–Kier alpha value is -1.16. The van der Waals surface area contributed by atoms with Crippen LogP contribution in [-0.2, 0) is 4.74 Å². The Labute approximate surface area is 82.5 Å². The topological polar surface area (TPSA) is 25.4 Å². The molecule has 0 radical (unpaired) electrons. The Balaban J connectivity index is 2.12. The molecule has 2 heterocycles. The molecule has 1 aromatic rings.